The van der Waals surface area contributed by atoms with Crippen LogP contribution in [0.4, 0.5) is 0 Å². The molecule has 0 unspecified atom stereocenters. The highest BCUT2D eigenvalue weighted by molar-refractivity contribution is 7.07. The second-order valence-corrected chi connectivity index (χ2v) is 9.14. The molecule has 4 rings (SSSR count). The van der Waals surface area contributed by atoms with E-state index in [-0.39, 0.29) is 17.0 Å². The van der Waals surface area contributed by atoms with Crippen LogP contribution in [0.2, 0.25) is 0 Å². The minimum Gasteiger partial charge on any atom is -0.493 e. The quantitative estimate of drug-likeness (QED) is 0.470. The molecule has 38 heavy (non-hydrogen) atoms. The van der Waals surface area contributed by atoms with Crippen molar-refractivity contribution < 1.29 is 18.9 Å². The highest BCUT2D eigenvalue weighted by atomic mass is 32.1. The number of rotatable bonds is 8. The molecule has 1 aromatic heterocycles. The Hall–Kier alpha value is -4.67. The minimum absolute atomic E-state index is 0.00970. The van der Waals surface area contributed by atoms with Crippen molar-refractivity contribution in [1.29, 1.82) is 10.5 Å². The number of ether oxygens (including phenoxy) is 4. The van der Waals surface area contributed by atoms with Gasteiger partial charge in [-0.1, -0.05) is 12.1 Å². The summed E-state index contributed by atoms with van der Waals surface area (Å²) in [6.45, 7) is 4.68. The van der Waals surface area contributed by atoms with Crippen LogP contribution in [0.3, 0.4) is 0 Å². The Balaban J connectivity index is 1.95. The summed E-state index contributed by atoms with van der Waals surface area (Å²) in [5.41, 5.74) is 7.65. The van der Waals surface area contributed by atoms with Gasteiger partial charge < -0.3 is 24.7 Å². The van der Waals surface area contributed by atoms with Crippen LogP contribution in [0, 0.1) is 22.7 Å². The zero-order valence-electron chi connectivity index (χ0n) is 21.4. The van der Waals surface area contributed by atoms with Crippen LogP contribution in [0.25, 0.3) is 17.5 Å². The lowest BCUT2D eigenvalue weighted by molar-refractivity contribution is 0.310. The van der Waals surface area contributed by atoms with Crippen LogP contribution in [0.15, 0.2) is 46.8 Å². The van der Waals surface area contributed by atoms with Crippen molar-refractivity contribution in [1.82, 2.24) is 4.57 Å². The minimum atomic E-state index is -0.772. The van der Waals surface area contributed by atoms with Crippen molar-refractivity contribution in [3.05, 3.63) is 72.6 Å². The normalized spacial score (nSPS) is 14.9. The molecule has 0 saturated carbocycles. The molecule has 3 aromatic rings. The van der Waals surface area contributed by atoms with Gasteiger partial charge >= 0.3 is 0 Å². The van der Waals surface area contributed by atoms with Gasteiger partial charge in [-0.05, 0) is 55.3 Å². The predicted molar refractivity (Wildman–Crippen MR) is 145 cm³/mol. The lowest BCUT2D eigenvalue weighted by Gasteiger charge is -2.23. The fourth-order valence-electron chi connectivity index (χ4n) is 4.32. The van der Waals surface area contributed by atoms with E-state index in [2.05, 4.69) is 12.1 Å². The van der Waals surface area contributed by atoms with Crippen molar-refractivity contribution in [3.8, 4) is 35.1 Å². The third kappa shape index (κ3) is 4.58. The third-order valence-corrected chi connectivity index (χ3v) is 7.10. The summed E-state index contributed by atoms with van der Waals surface area (Å²) in [4.78, 5) is 13.4. The van der Waals surface area contributed by atoms with E-state index >= 15 is 0 Å². The molecule has 1 atom stereocenters. The zero-order chi connectivity index (χ0) is 27.4. The average Bonchev–Trinajstić information content (AvgIpc) is 3.25. The summed E-state index contributed by atoms with van der Waals surface area (Å²) in [6.07, 6.45) is 1.69. The first-order valence-corrected chi connectivity index (χ1v) is 12.6. The molecule has 0 bridgehead atoms. The Morgan fingerprint density at radius 1 is 0.947 bits per heavy atom. The Kier molecular flexibility index (Phi) is 7.75. The first-order chi connectivity index (χ1) is 18.4. The summed E-state index contributed by atoms with van der Waals surface area (Å²) in [6, 6.07) is 14.9. The van der Waals surface area contributed by atoms with Crippen molar-refractivity contribution in [2.45, 2.75) is 19.8 Å². The van der Waals surface area contributed by atoms with Crippen LogP contribution in [0.5, 0.6) is 23.0 Å². The Bertz CT molecular complexity index is 1690. The molecular weight excluding hydrogens is 504 g/mol. The highest BCUT2D eigenvalue weighted by Crippen LogP contribution is 2.39. The molecule has 0 aliphatic carbocycles. The fraction of sp³-hybridized carbons (Fsp3) is 0.250. The highest BCUT2D eigenvalue weighted by Gasteiger charge is 2.32. The lowest BCUT2D eigenvalue weighted by Crippen LogP contribution is -2.38. The van der Waals surface area contributed by atoms with Crippen LogP contribution in [-0.4, -0.2) is 32.0 Å². The number of hydrogen-bond donors (Lipinski definition) is 1. The topological polar surface area (TPSA) is 133 Å². The average molecular weight is 531 g/mol. The molecule has 0 saturated heterocycles. The number of nitrogens with two attached hydrogens (primary N) is 1. The molecule has 0 fully saturated rings. The van der Waals surface area contributed by atoms with Gasteiger partial charge in [0.1, 0.15) is 10.5 Å². The van der Waals surface area contributed by atoms with Crippen LogP contribution < -0.4 is 39.4 Å². The maximum absolute atomic E-state index is 13.4. The standard InChI is InChI=1S/C28H26N4O5S/c1-5-36-20-9-7-16(11-22(20)34-3)12-24-27(33)32-26(31)18(14-29)25(19(15-30)28(32)38-24)17-8-10-21(37-6-2)23(13-17)35-4/h7-13,25H,5-6,31H2,1-4H3/b24-12-/t25-/m1/s1. The molecule has 0 spiro atoms. The van der Waals surface area contributed by atoms with Gasteiger partial charge in [-0.3, -0.25) is 9.36 Å². The van der Waals surface area contributed by atoms with E-state index in [1.165, 1.54) is 11.7 Å². The van der Waals surface area contributed by atoms with Crippen LogP contribution in [-0.2, 0) is 0 Å². The van der Waals surface area contributed by atoms with Gasteiger partial charge in [0.15, 0.2) is 23.0 Å². The summed E-state index contributed by atoms with van der Waals surface area (Å²) >= 11 is 1.14. The van der Waals surface area contributed by atoms with E-state index in [0.29, 0.717) is 56.5 Å². The number of thiazole rings is 1. The molecule has 2 aromatic carbocycles. The van der Waals surface area contributed by atoms with Crippen molar-refractivity contribution >= 4 is 28.8 Å². The maximum Gasteiger partial charge on any atom is 0.274 e. The lowest BCUT2D eigenvalue weighted by atomic mass is 9.84. The number of allylic oxidation sites excluding steroid dienone is 1. The summed E-state index contributed by atoms with van der Waals surface area (Å²) in [7, 11) is 3.06. The van der Waals surface area contributed by atoms with Crippen LogP contribution in [0.1, 0.15) is 30.9 Å². The first kappa shape index (κ1) is 26.4. The summed E-state index contributed by atoms with van der Waals surface area (Å²) in [5, 5.41) is 20.3. The Labute approximate surface area is 223 Å². The van der Waals surface area contributed by atoms with Crippen molar-refractivity contribution in [3.63, 3.8) is 0 Å². The summed E-state index contributed by atoms with van der Waals surface area (Å²) < 4.78 is 24.0. The van der Waals surface area contributed by atoms with E-state index in [0.717, 1.165) is 11.3 Å². The number of fused-ring (bicyclic) bond motifs is 1. The molecule has 10 heteroatoms. The van der Waals surface area contributed by atoms with Gasteiger partial charge in [-0.25, -0.2) is 0 Å². The molecule has 1 aliphatic rings. The molecule has 2 N–H and O–H groups in total. The molecule has 0 amide bonds. The molecular formula is C28H26N4O5S. The largest absolute Gasteiger partial charge is 0.493 e. The van der Waals surface area contributed by atoms with E-state index in [9.17, 15) is 15.3 Å². The van der Waals surface area contributed by atoms with E-state index in [4.69, 9.17) is 24.7 Å². The number of aromatic nitrogens is 1. The SMILES string of the molecule is CCOc1ccc(/C=c2\sc3n(c2=O)C(N)=C(C#N)[C@@H](c2ccc(OCC)c(OC)c2)C=3C#N)cc1OC. The smallest absolute Gasteiger partial charge is 0.274 e. The van der Waals surface area contributed by atoms with Gasteiger partial charge in [-0.2, -0.15) is 10.5 Å². The van der Waals surface area contributed by atoms with Gasteiger partial charge in [0.2, 0.25) is 0 Å². The molecule has 1 aliphatic heterocycles. The summed E-state index contributed by atoms with van der Waals surface area (Å²) in [5.74, 6) is 1.34. The number of benzene rings is 2. The van der Waals surface area contributed by atoms with Gasteiger partial charge in [0.25, 0.3) is 5.56 Å². The number of nitrogens with zero attached hydrogens (tertiary/aromatic N) is 3. The number of hydrogen-bond acceptors (Lipinski definition) is 9. The predicted octanol–water partition coefficient (Wildman–Crippen LogP) is 2.68. The van der Waals surface area contributed by atoms with E-state index in [1.807, 2.05) is 13.8 Å². The second kappa shape index (κ2) is 11.2. The van der Waals surface area contributed by atoms with Gasteiger partial charge in [-0.15, -0.1) is 11.3 Å². The van der Waals surface area contributed by atoms with E-state index in [1.54, 1.807) is 49.6 Å². The molecule has 0 radical (unpaired) electrons. The third-order valence-electron chi connectivity index (χ3n) is 6.00. The number of nitriles is 2. The van der Waals surface area contributed by atoms with Gasteiger partial charge in [0.05, 0.1) is 61.2 Å². The van der Waals surface area contributed by atoms with Crippen LogP contribution >= 0.6 is 11.3 Å². The zero-order valence-corrected chi connectivity index (χ0v) is 22.2. The first-order valence-electron chi connectivity index (χ1n) is 11.8. The molecule has 2 heterocycles. The molecule has 194 valence electrons. The molecule has 9 nitrogen and oxygen atoms in total. The Morgan fingerprint density at radius 2 is 1.55 bits per heavy atom. The van der Waals surface area contributed by atoms with Gasteiger partial charge in [0, 0.05) is 0 Å². The van der Waals surface area contributed by atoms with E-state index < -0.39 is 11.5 Å². The fourth-order valence-corrected chi connectivity index (χ4v) is 5.45. The van der Waals surface area contributed by atoms with Crippen molar-refractivity contribution in [2.24, 2.45) is 5.73 Å². The second-order valence-electron chi connectivity index (χ2n) is 8.11. The Morgan fingerprint density at radius 3 is 2.13 bits per heavy atom. The van der Waals surface area contributed by atoms with Crippen molar-refractivity contribution in [2.75, 3.05) is 27.4 Å². The number of methoxy groups -OCH3 is 2. The monoisotopic (exact) mass is 530 g/mol. The maximum atomic E-state index is 13.4.